The second-order valence-electron chi connectivity index (χ2n) is 6.19. The molecule has 0 saturated heterocycles. The van der Waals surface area contributed by atoms with Gasteiger partial charge >= 0.3 is 0 Å². The summed E-state index contributed by atoms with van der Waals surface area (Å²) in [5.41, 5.74) is 3.97. The van der Waals surface area contributed by atoms with E-state index in [4.69, 9.17) is 0 Å². The largest absolute Gasteiger partial charge is 0.384 e. The average Bonchev–Trinajstić information content (AvgIpc) is 3.04. The Morgan fingerprint density at radius 2 is 2.00 bits per heavy atom. The number of nitro benzene ring substituents is 1. The van der Waals surface area contributed by atoms with Crippen LogP contribution in [0.4, 0.5) is 17.1 Å². The molecule has 1 unspecified atom stereocenters. The molecular weight excluding hydrogens is 304 g/mol. The average molecular weight is 326 g/mol. The summed E-state index contributed by atoms with van der Waals surface area (Å²) in [6.07, 6.45) is 0.803. The number of likely N-dealkylation sites (N-methyl/N-ethyl adjacent to an activating group) is 1. The lowest BCUT2D eigenvalue weighted by Gasteiger charge is -2.26. The van der Waals surface area contributed by atoms with Gasteiger partial charge in [0.25, 0.3) is 5.69 Å². The van der Waals surface area contributed by atoms with Crippen molar-refractivity contribution < 1.29 is 4.92 Å². The van der Waals surface area contributed by atoms with Crippen LogP contribution < -0.4 is 10.6 Å². The smallest absolute Gasteiger partial charge is 0.292 e. The van der Waals surface area contributed by atoms with Crippen molar-refractivity contribution in [2.75, 3.05) is 37.8 Å². The molecule has 24 heavy (non-hydrogen) atoms. The first-order valence-electron chi connectivity index (χ1n) is 8.07. The van der Waals surface area contributed by atoms with Crippen LogP contribution in [0.1, 0.15) is 17.2 Å². The molecule has 2 N–H and O–H groups in total. The molecule has 0 aromatic heterocycles. The zero-order valence-corrected chi connectivity index (χ0v) is 14.0. The molecule has 6 heteroatoms. The lowest BCUT2D eigenvalue weighted by molar-refractivity contribution is -0.384. The first-order valence-corrected chi connectivity index (χ1v) is 8.07. The molecule has 1 aliphatic rings. The van der Waals surface area contributed by atoms with Crippen molar-refractivity contribution in [1.29, 1.82) is 0 Å². The summed E-state index contributed by atoms with van der Waals surface area (Å²) >= 11 is 0. The van der Waals surface area contributed by atoms with E-state index in [2.05, 4.69) is 27.7 Å². The van der Waals surface area contributed by atoms with E-state index in [1.54, 1.807) is 12.1 Å². The van der Waals surface area contributed by atoms with Gasteiger partial charge in [-0.2, -0.15) is 0 Å². The summed E-state index contributed by atoms with van der Waals surface area (Å²) in [5.74, 6) is 0. The van der Waals surface area contributed by atoms with Crippen molar-refractivity contribution >= 4 is 17.1 Å². The minimum atomic E-state index is -0.311. The fraction of sp³-hybridized carbons (Fsp3) is 0.333. The summed E-state index contributed by atoms with van der Waals surface area (Å²) in [7, 11) is 4.04. The van der Waals surface area contributed by atoms with Gasteiger partial charge in [0, 0.05) is 30.4 Å². The lowest BCUT2D eigenvalue weighted by Crippen LogP contribution is -2.27. The molecule has 0 radical (unpaired) electrons. The highest BCUT2D eigenvalue weighted by Gasteiger charge is 2.24. The van der Waals surface area contributed by atoms with E-state index in [0.29, 0.717) is 12.2 Å². The van der Waals surface area contributed by atoms with Gasteiger partial charge in [-0.3, -0.25) is 10.1 Å². The highest BCUT2D eigenvalue weighted by molar-refractivity contribution is 5.77. The Morgan fingerprint density at radius 3 is 2.67 bits per heavy atom. The van der Waals surface area contributed by atoms with Crippen molar-refractivity contribution in [3.63, 3.8) is 0 Å². The predicted molar refractivity (Wildman–Crippen MR) is 96.6 cm³/mol. The van der Waals surface area contributed by atoms with E-state index in [-0.39, 0.29) is 16.7 Å². The highest BCUT2D eigenvalue weighted by Crippen LogP contribution is 2.37. The summed E-state index contributed by atoms with van der Waals surface area (Å²) in [5, 5.41) is 18.0. The molecule has 1 atom stereocenters. The van der Waals surface area contributed by atoms with Gasteiger partial charge in [0.15, 0.2) is 0 Å². The molecule has 0 amide bonds. The van der Waals surface area contributed by atoms with Crippen LogP contribution in [0.2, 0.25) is 0 Å². The fourth-order valence-electron chi connectivity index (χ4n) is 3.20. The number of nitrogens with zero attached hydrogens (tertiary/aromatic N) is 2. The van der Waals surface area contributed by atoms with Crippen LogP contribution in [0.15, 0.2) is 42.5 Å². The van der Waals surface area contributed by atoms with Crippen molar-refractivity contribution in [1.82, 2.24) is 4.90 Å². The standard InChI is InChI=1S/C18H22N4O2/c1-21(2)17(13-6-4-3-5-7-13)12-20-18-14-10-11-19-15(14)8-9-16(18)22(23)24/h3-9,17,19-20H,10-12H2,1-2H3. The van der Waals surface area contributed by atoms with Gasteiger partial charge in [0.2, 0.25) is 0 Å². The van der Waals surface area contributed by atoms with Crippen molar-refractivity contribution in [2.24, 2.45) is 0 Å². The van der Waals surface area contributed by atoms with Gasteiger partial charge in [-0.1, -0.05) is 30.3 Å². The number of benzene rings is 2. The number of hydrogen-bond acceptors (Lipinski definition) is 5. The topological polar surface area (TPSA) is 70.4 Å². The van der Waals surface area contributed by atoms with Crippen LogP contribution in [0.3, 0.4) is 0 Å². The van der Waals surface area contributed by atoms with Gasteiger partial charge in [0.05, 0.1) is 11.0 Å². The Morgan fingerprint density at radius 1 is 1.25 bits per heavy atom. The van der Waals surface area contributed by atoms with Crippen LogP contribution in [0.25, 0.3) is 0 Å². The van der Waals surface area contributed by atoms with Crippen LogP contribution in [-0.4, -0.2) is 37.0 Å². The van der Waals surface area contributed by atoms with E-state index in [9.17, 15) is 10.1 Å². The van der Waals surface area contributed by atoms with E-state index < -0.39 is 0 Å². The lowest BCUT2D eigenvalue weighted by atomic mass is 10.0. The number of rotatable bonds is 6. The molecule has 6 nitrogen and oxygen atoms in total. The molecule has 0 bridgehead atoms. The zero-order valence-electron chi connectivity index (χ0n) is 14.0. The quantitative estimate of drug-likeness (QED) is 0.630. The van der Waals surface area contributed by atoms with Gasteiger partial charge in [0.1, 0.15) is 5.69 Å². The molecule has 2 aromatic carbocycles. The number of fused-ring (bicyclic) bond motifs is 1. The van der Waals surface area contributed by atoms with Gasteiger partial charge in [-0.25, -0.2) is 0 Å². The number of anilines is 2. The number of hydrogen-bond donors (Lipinski definition) is 2. The van der Waals surface area contributed by atoms with E-state index in [0.717, 1.165) is 24.2 Å². The van der Waals surface area contributed by atoms with Crippen molar-refractivity contribution in [3.8, 4) is 0 Å². The molecule has 0 fully saturated rings. The van der Waals surface area contributed by atoms with Crippen LogP contribution in [0.5, 0.6) is 0 Å². The number of nitro groups is 1. The molecule has 126 valence electrons. The second kappa shape index (κ2) is 6.88. The molecule has 0 saturated carbocycles. The van der Waals surface area contributed by atoms with E-state index in [1.165, 1.54) is 5.56 Å². The summed E-state index contributed by atoms with van der Waals surface area (Å²) < 4.78 is 0. The van der Waals surface area contributed by atoms with E-state index in [1.807, 2.05) is 32.3 Å². The van der Waals surface area contributed by atoms with Crippen molar-refractivity contribution in [3.05, 3.63) is 63.7 Å². The normalized spacial score (nSPS) is 14.1. The summed E-state index contributed by atoms with van der Waals surface area (Å²) in [6.45, 7) is 1.43. The van der Waals surface area contributed by atoms with Gasteiger partial charge in [-0.15, -0.1) is 0 Å². The maximum atomic E-state index is 11.4. The Hall–Kier alpha value is -2.60. The van der Waals surface area contributed by atoms with Gasteiger partial charge in [-0.05, 0) is 32.1 Å². The molecule has 1 aliphatic heterocycles. The maximum Gasteiger partial charge on any atom is 0.292 e. The van der Waals surface area contributed by atoms with Crippen molar-refractivity contribution in [2.45, 2.75) is 12.5 Å². The zero-order chi connectivity index (χ0) is 17.1. The highest BCUT2D eigenvalue weighted by atomic mass is 16.6. The molecule has 0 aliphatic carbocycles. The minimum Gasteiger partial charge on any atom is -0.384 e. The minimum absolute atomic E-state index is 0.135. The summed E-state index contributed by atoms with van der Waals surface area (Å²) in [4.78, 5) is 13.2. The maximum absolute atomic E-state index is 11.4. The summed E-state index contributed by atoms with van der Waals surface area (Å²) in [6, 6.07) is 13.7. The Balaban J connectivity index is 1.88. The monoisotopic (exact) mass is 326 g/mol. The van der Waals surface area contributed by atoms with Crippen LogP contribution in [0, 0.1) is 10.1 Å². The first kappa shape index (κ1) is 16.3. The van der Waals surface area contributed by atoms with E-state index >= 15 is 0 Å². The molecule has 3 rings (SSSR count). The Labute approximate surface area is 141 Å². The number of nitrogens with one attached hydrogen (secondary N) is 2. The third kappa shape index (κ3) is 3.19. The second-order valence-corrected chi connectivity index (χ2v) is 6.19. The molecule has 0 spiro atoms. The fourth-order valence-corrected chi connectivity index (χ4v) is 3.20. The molecule has 2 aromatic rings. The van der Waals surface area contributed by atoms with Crippen LogP contribution in [-0.2, 0) is 6.42 Å². The Kier molecular flexibility index (Phi) is 4.66. The third-order valence-corrected chi connectivity index (χ3v) is 4.46. The SMILES string of the molecule is CN(C)C(CNc1c([N+](=O)[O-])ccc2c1CCN2)c1ccccc1. The molecular formula is C18H22N4O2. The first-order chi connectivity index (χ1) is 11.6. The Bertz CT molecular complexity index is 731. The third-order valence-electron chi connectivity index (χ3n) is 4.46. The van der Waals surface area contributed by atoms with Crippen LogP contribution >= 0.6 is 0 Å². The predicted octanol–water partition coefficient (Wildman–Crippen LogP) is 3.28. The van der Waals surface area contributed by atoms with Gasteiger partial charge < -0.3 is 15.5 Å². The molecule has 1 heterocycles.